The minimum atomic E-state index is -0.339. The van der Waals surface area contributed by atoms with Crippen LogP contribution in [0.3, 0.4) is 0 Å². The summed E-state index contributed by atoms with van der Waals surface area (Å²) < 4.78 is 5.53. The zero-order valence-corrected chi connectivity index (χ0v) is 10.6. The molecule has 0 atom stereocenters. The summed E-state index contributed by atoms with van der Waals surface area (Å²) in [4.78, 5) is 24.4. The summed E-state index contributed by atoms with van der Waals surface area (Å²) in [6.45, 7) is 1.87. The second kappa shape index (κ2) is 6.19. The number of hydrogen-bond donors (Lipinski definition) is 2. The molecule has 0 aromatic heterocycles. The molecule has 2 amide bonds. The van der Waals surface area contributed by atoms with Gasteiger partial charge in [-0.2, -0.15) is 0 Å². The summed E-state index contributed by atoms with van der Waals surface area (Å²) >= 11 is 0. The Labute approximate surface area is 111 Å². The van der Waals surface area contributed by atoms with Crippen molar-refractivity contribution in [3.63, 3.8) is 0 Å². The highest BCUT2D eigenvalue weighted by Crippen LogP contribution is 2.13. The van der Waals surface area contributed by atoms with Crippen molar-refractivity contribution < 1.29 is 14.3 Å². The van der Waals surface area contributed by atoms with E-state index in [0.29, 0.717) is 30.9 Å². The SMILES string of the molecule is NNC(=O)c1ccc(OCCN2CCCC2=O)cc1. The van der Waals surface area contributed by atoms with E-state index in [2.05, 4.69) is 5.43 Å². The zero-order valence-electron chi connectivity index (χ0n) is 10.6. The summed E-state index contributed by atoms with van der Waals surface area (Å²) in [7, 11) is 0. The van der Waals surface area contributed by atoms with Crippen LogP contribution in [0.15, 0.2) is 24.3 Å². The van der Waals surface area contributed by atoms with Crippen molar-refractivity contribution >= 4 is 11.8 Å². The van der Waals surface area contributed by atoms with Gasteiger partial charge in [0.15, 0.2) is 0 Å². The lowest BCUT2D eigenvalue weighted by Crippen LogP contribution is -2.30. The predicted octanol–water partition coefficient (Wildman–Crippen LogP) is 0.291. The normalized spacial score (nSPS) is 14.6. The number of amides is 2. The summed E-state index contributed by atoms with van der Waals surface area (Å²) in [5.74, 6) is 5.56. The number of nitrogens with two attached hydrogens (primary N) is 1. The van der Waals surface area contributed by atoms with Crippen molar-refractivity contribution in [2.24, 2.45) is 5.84 Å². The molecule has 0 unspecified atom stereocenters. The van der Waals surface area contributed by atoms with Crippen LogP contribution in [-0.2, 0) is 4.79 Å². The number of carbonyl (C=O) groups excluding carboxylic acids is 2. The number of ether oxygens (including phenoxy) is 1. The maximum absolute atomic E-state index is 11.4. The number of nitrogens with one attached hydrogen (secondary N) is 1. The number of hydrazine groups is 1. The Kier molecular flexibility index (Phi) is 4.35. The Bertz CT molecular complexity index is 459. The van der Waals surface area contributed by atoms with Crippen LogP contribution in [0.1, 0.15) is 23.2 Å². The quantitative estimate of drug-likeness (QED) is 0.454. The van der Waals surface area contributed by atoms with Gasteiger partial charge in [0, 0.05) is 18.5 Å². The van der Waals surface area contributed by atoms with E-state index in [-0.39, 0.29) is 11.8 Å². The van der Waals surface area contributed by atoms with Crippen LogP contribution in [0, 0.1) is 0 Å². The third-order valence-corrected chi connectivity index (χ3v) is 3.05. The van der Waals surface area contributed by atoms with Crippen molar-refractivity contribution in [2.45, 2.75) is 12.8 Å². The molecule has 3 N–H and O–H groups in total. The molecule has 2 rings (SSSR count). The topological polar surface area (TPSA) is 84.7 Å². The fraction of sp³-hybridized carbons (Fsp3) is 0.385. The number of nitrogens with zero attached hydrogens (tertiary/aromatic N) is 1. The Balaban J connectivity index is 1.80. The molecule has 1 aliphatic rings. The summed E-state index contributed by atoms with van der Waals surface area (Å²) in [6, 6.07) is 6.68. The van der Waals surface area contributed by atoms with Crippen LogP contribution < -0.4 is 16.0 Å². The van der Waals surface area contributed by atoms with Crippen molar-refractivity contribution in [1.82, 2.24) is 10.3 Å². The van der Waals surface area contributed by atoms with Gasteiger partial charge >= 0.3 is 0 Å². The molecule has 1 aromatic rings. The van der Waals surface area contributed by atoms with Gasteiger partial charge in [0.1, 0.15) is 12.4 Å². The highest BCUT2D eigenvalue weighted by Gasteiger charge is 2.19. The van der Waals surface area contributed by atoms with E-state index in [1.807, 2.05) is 0 Å². The monoisotopic (exact) mass is 263 g/mol. The van der Waals surface area contributed by atoms with Crippen LogP contribution in [0.5, 0.6) is 5.75 Å². The van der Waals surface area contributed by atoms with Gasteiger partial charge in [0.25, 0.3) is 5.91 Å². The molecule has 0 aliphatic carbocycles. The molecule has 1 fully saturated rings. The van der Waals surface area contributed by atoms with Gasteiger partial charge < -0.3 is 9.64 Å². The maximum Gasteiger partial charge on any atom is 0.265 e. The van der Waals surface area contributed by atoms with Crippen LogP contribution in [0.2, 0.25) is 0 Å². The number of benzene rings is 1. The lowest BCUT2D eigenvalue weighted by Gasteiger charge is -2.15. The first-order chi connectivity index (χ1) is 9.20. The highest BCUT2D eigenvalue weighted by atomic mass is 16.5. The molecule has 102 valence electrons. The molecular formula is C13H17N3O3. The summed E-state index contributed by atoms with van der Waals surface area (Å²) in [6.07, 6.45) is 1.57. The largest absolute Gasteiger partial charge is 0.492 e. The van der Waals surface area contributed by atoms with Crippen LogP contribution in [0.4, 0.5) is 0 Å². The molecule has 6 heteroatoms. The molecule has 1 aliphatic heterocycles. The van der Waals surface area contributed by atoms with E-state index in [0.717, 1.165) is 13.0 Å². The smallest absolute Gasteiger partial charge is 0.265 e. The molecule has 0 radical (unpaired) electrons. The molecule has 19 heavy (non-hydrogen) atoms. The molecule has 6 nitrogen and oxygen atoms in total. The number of rotatable bonds is 5. The Morgan fingerprint density at radius 1 is 1.37 bits per heavy atom. The van der Waals surface area contributed by atoms with E-state index in [1.54, 1.807) is 29.2 Å². The summed E-state index contributed by atoms with van der Waals surface area (Å²) in [5.41, 5.74) is 2.54. The average molecular weight is 263 g/mol. The fourth-order valence-corrected chi connectivity index (χ4v) is 2.00. The maximum atomic E-state index is 11.4. The van der Waals surface area contributed by atoms with Crippen molar-refractivity contribution in [1.29, 1.82) is 0 Å². The number of carbonyl (C=O) groups is 2. The second-order valence-corrected chi connectivity index (χ2v) is 4.33. The van der Waals surface area contributed by atoms with Gasteiger partial charge in [-0.15, -0.1) is 0 Å². The van der Waals surface area contributed by atoms with Gasteiger partial charge in [-0.3, -0.25) is 15.0 Å². The molecule has 0 saturated carbocycles. The fourth-order valence-electron chi connectivity index (χ4n) is 2.00. The Morgan fingerprint density at radius 3 is 2.68 bits per heavy atom. The number of nitrogen functional groups attached to an aromatic ring is 1. The third-order valence-electron chi connectivity index (χ3n) is 3.05. The number of hydrogen-bond acceptors (Lipinski definition) is 4. The third kappa shape index (κ3) is 3.45. The predicted molar refractivity (Wildman–Crippen MR) is 69.4 cm³/mol. The molecule has 0 spiro atoms. The van der Waals surface area contributed by atoms with Crippen molar-refractivity contribution in [3.05, 3.63) is 29.8 Å². The molecule has 0 bridgehead atoms. The van der Waals surface area contributed by atoms with Gasteiger partial charge in [0.2, 0.25) is 5.91 Å². The summed E-state index contributed by atoms with van der Waals surface area (Å²) in [5, 5.41) is 0. The lowest BCUT2D eigenvalue weighted by atomic mass is 10.2. The van der Waals surface area contributed by atoms with E-state index in [9.17, 15) is 9.59 Å². The first-order valence-electron chi connectivity index (χ1n) is 6.22. The van der Waals surface area contributed by atoms with Gasteiger partial charge in [-0.25, -0.2) is 5.84 Å². The average Bonchev–Trinajstić information content (AvgIpc) is 2.84. The van der Waals surface area contributed by atoms with Gasteiger partial charge in [0.05, 0.1) is 6.54 Å². The standard InChI is InChI=1S/C13H17N3O3/c14-15-13(18)10-3-5-11(6-4-10)19-9-8-16-7-1-2-12(16)17/h3-6H,1-2,7-9,14H2,(H,15,18). The minimum Gasteiger partial charge on any atom is -0.492 e. The molecule has 1 aromatic carbocycles. The second-order valence-electron chi connectivity index (χ2n) is 4.33. The van der Waals surface area contributed by atoms with E-state index >= 15 is 0 Å². The molecule has 1 heterocycles. The molecule has 1 saturated heterocycles. The van der Waals surface area contributed by atoms with Gasteiger partial charge in [-0.05, 0) is 30.7 Å². The van der Waals surface area contributed by atoms with E-state index in [4.69, 9.17) is 10.6 Å². The first kappa shape index (κ1) is 13.4. The minimum absolute atomic E-state index is 0.193. The molecular weight excluding hydrogens is 246 g/mol. The van der Waals surface area contributed by atoms with Crippen LogP contribution >= 0.6 is 0 Å². The van der Waals surface area contributed by atoms with Crippen LogP contribution in [0.25, 0.3) is 0 Å². The Hall–Kier alpha value is -2.08. The van der Waals surface area contributed by atoms with Gasteiger partial charge in [-0.1, -0.05) is 0 Å². The lowest BCUT2D eigenvalue weighted by molar-refractivity contribution is -0.128. The van der Waals surface area contributed by atoms with Crippen molar-refractivity contribution in [2.75, 3.05) is 19.7 Å². The van der Waals surface area contributed by atoms with Crippen LogP contribution in [-0.4, -0.2) is 36.4 Å². The van der Waals surface area contributed by atoms with Crippen molar-refractivity contribution in [3.8, 4) is 5.75 Å². The first-order valence-corrected chi connectivity index (χ1v) is 6.22. The van der Waals surface area contributed by atoms with E-state index < -0.39 is 0 Å². The highest BCUT2D eigenvalue weighted by molar-refractivity contribution is 5.93. The number of likely N-dealkylation sites (tertiary alicyclic amines) is 1. The van der Waals surface area contributed by atoms with E-state index in [1.165, 1.54) is 0 Å². The Morgan fingerprint density at radius 2 is 2.11 bits per heavy atom. The zero-order chi connectivity index (χ0) is 13.7.